The Morgan fingerprint density at radius 3 is 2.00 bits per heavy atom. The van der Waals surface area contributed by atoms with Gasteiger partial charge in [-0.15, -0.1) is 5.92 Å². The minimum atomic E-state index is -0.388. The fourth-order valence-electron chi connectivity index (χ4n) is 0.784. The van der Waals surface area contributed by atoms with E-state index in [4.69, 9.17) is 0 Å². The summed E-state index contributed by atoms with van der Waals surface area (Å²) in [5.41, 5.74) is -0.388. The topological polar surface area (TPSA) is 29.1 Å². The number of hydrogen-bond donors (Lipinski definition) is 1. The van der Waals surface area contributed by atoms with Gasteiger partial charge in [0.1, 0.15) is 0 Å². The second-order valence-electron chi connectivity index (χ2n) is 2.68. The number of hydrogen-bond acceptors (Lipinski definition) is 1. The van der Waals surface area contributed by atoms with Crippen LogP contribution in [0.25, 0.3) is 0 Å². The number of rotatable bonds is 1. The molecule has 0 spiro atoms. The molecule has 1 amide bonds. The molecule has 70 valence electrons. The van der Waals surface area contributed by atoms with Crippen molar-refractivity contribution in [2.45, 2.75) is 47.1 Å². The summed E-state index contributed by atoms with van der Waals surface area (Å²) in [5.74, 6) is 5.57. The van der Waals surface area contributed by atoms with Gasteiger partial charge < -0.3 is 5.32 Å². The zero-order valence-electron chi connectivity index (χ0n) is 8.91. The highest BCUT2D eigenvalue weighted by Gasteiger charge is 2.13. The average Bonchev–Trinajstić information content (AvgIpc) is 1.88. The van der Waals surface area contributed by atoms with Crippen molar-refractivity contribution in [1.29, 1.82) is 0 Å². The van der Waals surface area contributed by atoms with Crippen molar-refractivity contribution in [3.63, 3.8) is 0 Å². The summed E-state index contributed by atoms with van der Waals surface area (Å²) in [6.45, 7) is 11.0. The monoisotopic (exact) mass is 169 g/mol. The Labute approximate surface area is 75.7 Å². The minimum Gasteiger partial charge on any atom is -0.341 e. The van der Waals surface area contributed by atoms with Crippen LogP contribution >= 0.6 is 0 Å². The van der Waals surface area contributed by atoms with E-state index in [0.717, 1.165) is 0 Å². The van der Waals surface area contributed by atoms with Gasteiger partial charge in [-0.2, -0.15) is 0 Å². The molecule has 0 aliphatic heterocycles. The summed E-state index contributed by atoms with van der Waals surface area (Å²) in [4.78, 5) is 10.6. The van der Waals surface area contributed by atoms with E-state index in [1.807, 2.05) is 27.7 Å². The molecule has 1 N–H and O–H groups in total. The number of carbonyl (C=O) groups excluding carboxylic acids is 1. The predicted octanol–water partition coefficient (Wildman–Crippen LogP) is 1.95. The summed E-state index contributed by atoms with van der Waals surface area (Å²) in [7, 11) is 0. The number of amides is 1. The predicted molar refractivity (Wildman–Crippen MR) is 52.7 cm³/mol. The standard InChI is InChI=1S/C8H13NO.C2H6/c1-5-6-8(3,4)9-7(2)10;1-2/h1-4H3,(H,9,10);1-2H3. The lowest BCUT2D eigenvalue weighted by atomic mass is 10.1. The van der Waals surface area contributed by atoms with Crippen LogP contribution in [-0.2, 0) is 4.79 Å². The molecule has 0 saturated heterocycles. The largest absolute Gasteiger partial charge is 0.341 e. The first-order valence-corrected chi connectivity index (χ1v) is 4.20. The van der Waals surface area contributed by atoms with Gasteiger partial charge in [-0.1, -0.05) is 19.8 Å². The second kappa shape index (κ2) is 6.72. The fourth-order valence-corrected chi connectivity index (χ4v) is 0.784. The van der Waals surface area contributed by atoms with Gasteiger partial charge in [0.15, 0.2) is 0 Å². The molecule has 12 heavy (non-hydrogen) atoms. The molecule has 2 heteroatoms. The average molecular weight is 169 g/mol. The first kappa shape index (κ1) is 13.6. The third-order valence-electron chi connectivity index (χ3n) is 0.926. The van der Waals surface area contributed by atoms with E-state index in [-0.39, 0.29) is 11.4 Å². The summed E-state index contributed by atoms with van der Waals surface area (Å²) < 4.78 is 0. The molecule has 0 aromatic heterocycles. The van der Waals surface area contributed by atoms with Crippen LogP contribution in [-0.4, -0.2) is 11.4 Å². The molecule has 0 aromatic carbocycles. The second-order valence-corrected chi connectivity index (χ2v) is 2.68. The Bertz CT molecular complexity index is 184. The summed E-state index contributed by atoms with van der Waals surface area (Å²) >= 11 is 0. The maximum atomic E-state index is 10.6. The third kappa shape index (κ3) is 9.03. The lowest BCUT2D eigenvalue weighted by molar-refractivity contribution is -0.119. The minimum absolute atomic E-state index is 0.0484. The third-order valence-corrected chi connectivity index (χ3v) is 0.926. The Morgan fingerprint density at radius 2 is 1.75 bits per heavy atom. The van der Waals surface area contributed by atoms with E-state index in [0.29, 0.717) is 0 Å². The van der Waals surface area contributed by atoms with Gasteiger partial charge in [-0.3, -0.25) is 4.79 Å². The van der Waals surface area contributed by atoms with Crippen LogP contribution in [0.1, 0.15) is 41.5 Å². The van der Waals surface area contributed by atoms with E-state index < -0.39 is 0 Å². The van der Waals surface area contributed by atoms with Crippen molar-refractivity contribution < 1.29 is 4.79 Å². The van der Waals surface area contributed by atoms with Crippen LogP contribution in [0.3, 0.4) is 0 Å². The summed E-state index contributed by atoms with van der Waals surface area (Å²) in [6.07, 6.45) is 0. The van der Waals surface area contributed by atoms with E-state index >= 15 is 0 Å². The van der Waals surface area contributed by atoms with Crippen molar-refractivity contribution in [2.75, 3.05) is 0 Å². The lowest BCUT2D eigenvalue weighted by Gasteiger charge is -2.17. The van der Waals surface area contributed by atoms with Crippen LogP contribution in [0.4, 0.5) is 0 Å². The first-order chi connectivity index (χ1) is 5.48. The molecule has 0 bridgehead atoms. The maximum absolute atomic E-state index is 10.6. The Balaban J connectivity index is 0. The highest BCUT2D eigenvalue weighted by atomic mass is 16.1. The summed E-state index contributed by atoms with van der Waals surface area (Å²) in [6, 6.07) is 0. The van der Waals surface area contributed by atoms with Gasteiger partial charge in [-0.25, -0.2) is 0 Å². The zero-order valence-corrected chi connectivity index (χ0v) is 8.91. The maximum Gasteiger partial charge on any atom is 0.218 e. The molecule has 0 radical (unpaired) electrons. The molecule has 0 atom stereocenters. The van der Waals surface area contributed by atoms with Gasteiger partial charge in [-0.05, 0) is 20.8 Å². The zero-order chi connectivity index (χ0) is 10.2. The molecular formula is C10H19NO. The number of nitrogens with one attached hydrogen (secondary N) is 1. The van der Waals surface area contributed by atoms with Crippen LogP contribution in [0.5, 0.6) is 0 Å². The van der Waals surface area contributed by atoms with Crippen LogP contribution in [0, 0.1) is 11.8 Å². The van der Waals surface area contributed by atoms with Crippen molar-refractivity contribution in [1.82, 2.24) is 5.32 Å². The van der Waals surface area contributed by atoms with Gasteiger partial charge in [0.2, 0.25) is 5.91 Å². The molecule has 0 fully saturated rings. The van der Waals surface area contributed by atoms with Gasteiger partial charge >= 0.3 is 0 Å². The fraction of sp³-hybridized carbons (Fsp3) is 0.700. The lowest BCUT2D eigenvalue weighted by Crippen LogP contribution is -2.40. The smallest absolute Gasteiger partial charge is 0.218 e. The summed E-state index contributed by atoms with van der Waals surface area (Å²) in [5, 5.41) is 2.71. The number of carbonyl (C=O) groups is 1. The highest BCUT2D eigenvalue weighted by molar-refractivity contribution is 5.74. The Morgan fingerprint density at radius 1 is 1.33 bits per heavy atom. The van der Waals surface area contributed by atoms with Crippen LogP contribution in [0.15, 0.2) is 0 Å². The van der Waals surface area contributed by atoms with Crippen molar-refractivity contribution in [3.8, 4) is 11.8 Å². The van der Waals surface area contributed by atoms with E-state index in [1.165, 1.54) is 6.92 Å². The van der Waals surface area contributed by atoms with Gasteiger partial charge in [0.25, 0.3) is 0 Å². The van der Waals surface area contributed by atoms with Crippen molar-refractivity contribution in [2.24, 2.45) is 0 Å². The Kier molecular flexibility index (Phi) is 7.62. The highest BCUT2D eigenvalue weighted by Crippen LogP contribution is 1.97. The van der Waals surface area contributed by atoms with E-state index in [9.17, 15) is 4.79 Å². The molecular weight excluding hydrogens is 150 g/mol. The van der Waals surface area contributed by atoms with E-state index in [2.05, 4.69) is 17.2 Å². The quantitative estimate of drug-likeness (QED) is 0.597. The SMILES string of the molecule is CC.CC#CC(C)(C)NC(C)=O. The molecule has 0 aromatic rings. The Hall–Kier alpha value is -0.970. The molecule has 0 aliphatic rings. The molecule has 0 unspecified atom stereocenters. The van der Waals surface area contributed by atoms with Crippen molar-refractivity contribution >= 4 is 5.91 Å². The molecule has 0 saturated carbocycles. The molecule has 0 aliphatic carbocycles. The molecule has 0 heterocycles. The first-order valence-electron chi connectivity index (χ1n) is 4.20. The molecule has 2 nitrogen and oxygen atoms in total. The normalized spacial score (nSPS) is 8.50. The van der Waals surface area contributed by atoms with Crippen LogP contribution in [0.2, 0.25) is 0 Å². The van der Waals surface area contributed by atoms with Gasteiger partial charge in [0.05, 0.1) is 5.54 Å². The van der Waals surface area contributed by atoms with E-state index in [1.54, 1.807) is 6.92 Å². The molecule has 0 rings (SSSR count). The van der Waals surface area contributed by atoms with Crippen LogP contribution < -0.4 is 5.32 Å². The van der Waals surface area contributed by atoms with Gasteiger partial charge in [0, 0.05) is 6.92 Å². The van der Waals surface area contributed by atoms with Crippen molar-refractivity contribution in [3.05, 3.63) is 0 Å².